The van der Waals surface area contributed by atoms with Gasteiger partial charge in [0.1, 0.15) is 17.1 Å². The van der Waals surface area contributed by atoms with Gasteiger partial charge in [0, 0.05) is 73.1 Å². The third-order valence-corrected chi connectivity index (χ3v) is 12.2. The lowest BCUT2D eigenvalue weighted by molar-refractivity contribution is -0.142. The number of amides is 4. The Morgan fingerprint density at radius 2 is 1.74 bits per heavy atom. The Bertz CT molecular complexity index is 2280. The highest BCUT2D eigenvalue weighted by molar-refractivity contribution is 7.99. The number of likely N-dealkylation sites (N-methyl/N-ethyl adjacent to an activating group) is 2. The number of primary amides is 1. The molecule has 0 radical (unpaired) electrons. The largest absolute Gasteiger partial charge is 0.370 e. The van der Waals surface area contributed by atoms with Gasteiger partial charge in [-0.25, -0.2) is 4.98 Å². The van der Waals surface area contributed by atoms with E-state index in [1.807, 2.05) is 78.7 Å². The molecule has 0 spiro atoms. The number of nitrogens with two attached hydrogens (primary N) is 2. The summed E-state index contributed by atoms with van der Waals surface area (Å²) in [5, 5.41) is 8.21. The number of nitrogens with zero attached hydrogens (tertiary/aromatic N) is 4. The lowest BCUT2D eigenvalue weighted by Crippen LogP contribution is -2.57. The van der Waals surface area contributed by atoms with Crippen molar-refractivity contribution in [2.75, 3.05) is 20.6 Å². The summed E-state index contributed by atoms with van der Waals surface area (Å²) in [5.74, 6) is -1.78. The first kappa shape index (κ1) is 42.3. The summed E-state index contributed by atoms with van der Waals surface area (Å²) in [7, 11) is 3.39. The maximum Gasteiger partial charge on any atom is 0.245 e. The Morgan fingerprint density at radius 3 is 2.52 bits per heavy atom. The quantitative estimate of drug-likeness (QED) is 0.119. The average Bonchev–Trinajstić information content (AvgIpc) is 3.62. The SMILES string of the molecule is Cc1cc(-c2cc(Cl)c3c(c2)CNC(=O)[C@H](Cc2c[nH]c4ccccc24)N(C)C(=O)[C@H](CCCCN)NC(=O)[C@H](CCC(N)=O)N(C)Cc2cccnc2S3)ccn1. The number of carbonyl (C=O) groups is 4. The highest BCUT2D eigenvalue weighted by Crippen LogP contribution is 2.40. The lowest BCUT2D eigenvalue weighted by atomic mass is 10.0. The molecule has 6 rings (SSSR count). The minimum Gasteiger partial charge on any atom is -0.370 e. The number of pyridine rings is 2. The summed E-state index contributed by atoms with van der Waals surface area (Å²) < 4.78 is 0. The molecule has 58 heavy (non-hydrogen) atoms. The van der Waals surface area contributed by atoms with Gasteiger partial charge in [-0.15, -0.1) is 0 Å². The van der Waals surface area contributed by atoms with E-state index in [1.54, 1.807) is 26.5 Å². The molecule has 3 aromatic heterocycles. The number of aryl methyl sites for hydroxylation is 1. The highest BCUT2D eigenvalue weighted by Gasteiger charge is 2.35. The van der Waals surface area contributed by atoms with Gasteiger partial charge in [0.25, 0.3) is 0 Å². The fraction of sp³-hybridized carbons (Fsp3) is 0.349. The van der Waals surface area contributed by atoms with Crippen LogP contribution >= 0.6 is 23.4 Å². The first-order valence-electron chi connectivity index (χ1n) is 19.4. The smallest absolute Gasteiger partial charge is 0.245 e. The number of halogens is 1. The Hall–Kier alpha value is -5.28. The lowest BCUT2D eigenvalue weighted by Gasteiger charge is -2.33. The molecule has 3 atom stereocenters. The standard InChI is InChI=1S/C43H50ClN9O4S/c1-26-19-27(15-18-47-26)29-20-31-24-50-40(55)37(22-30-23-49-34-11-5-4-10-32(30)34)53(3)43(57)35(12-6-7-16-45)51-41(56)36(13-14-38(46)54)52(2)25-28-9-8-17-48-42(28)58-39(31)33(44)21-29/h4-5,8-11,15,17-21,23,35-37,49H,6-7,12-14,16,22,24-25,45H2,1-3H3,(H2,46,54)(H,50,55)(H,51,56)/t35-,36-,37-/m0/s1. The van der Waals surface area contributed by atoms with E-state index in [9.17, 15) is 19.2 Å². The number of fused-ring (bicyclic) bond motifs is 3. The summed E-state index contributed by atoms with van der Waals surface area (Å²) in [5.41, 5.74) is 17.4. The van der Waals surface area contributed by atoms with Crippen LogP contribution in [-0.4, -0.2) is 87.1 Å². The number of hydrogen-bond donors (Lipinski definition) is 5. The molecule has 0 unspecified atom stereocenters. The monoisotopic (exact) mass is 823 g/mol. The number of unbranched alkanes of at least 4 members (excludes halogenated alkanes) is 1. The minimum atomic E-state index is -0.974. The van der Waals surface area contributed by atoms with Gasteiger partial charge in [0.05, 0.1) is 11.1 Å². The fourth-order valence-corrected chi connectivity index (χ4v) is 8.71. The fourth-order valence-electron chi connectivity index (χ4n) is 7.36. The second-order valence-corrected chi connectivity index (χ2v) is 16.1. The zero-order chi connectivity index (χ0) is 41.3. The van der Waals surface area contributed by atoms with E-state index in [0.29, 0.717) is 40.8 Å². The molecule has 0 saturated carbocycles. The van der Waals surface area contributed by atoms with Crippen molar-refractivity contribution in [2.24, 2.45) is 11.5 Å². The van der Waals surface area contributed by atoms with Crippen LogP contribution in [0.25, 0.3) is 22.0 Å². The van der Waals surface area contributed by atoms with Crippen LogP contribution in [0.3, 0.4) is 0 Å². The molecule has 0 saturated heterocycles. The number of benzene rings is 2. The Morgan fingerprint density at radius 1 is 0.931 bits per heavy atom. The molecule has 4 heterocycles. The van der Waals surface area contributed by atoms with Gasteiger partial charge in [-0.1, -0.05) is 47.6 Å². The zero-order valence-electron chi connectivity index (χ0n) is 33.0. The van der Waals surface area contributed by atoms with Crippen LogP contribution in [-0.2, 0) is 38.7 Å². The second-order valence-electron chi connectivity index (χ2n) is 14.7. The summed E-state index contributed by atoms with van der Waals surface area (Å²) in [6, 6.07) is 16.5. The first-order valence-corrected chi connectivity index (χ1v) is 20.6. The van der Waals surface area contributed by atoms with Crippen molar-refractivity contribution >= 4 is 57.9 Å². The van der Waals surface area contributed by atoms with Gasteiger partial charge in [0.15, 0.2) is 0 Å². The molecular formula is C43H50ClN9O4S. The number of hydrogen-bond acceptors (Lipinski definition) is 9. The molecule has 4 amide bonds. The molecule has 13 nitrogen and oxygen atoms in total. The molecule has 0 bridgehead atoms. The number of carbonyl (C=O) groups excluding carboxylic acids is 4. The molecule has 0 fully saturated rings. The van der Waals surface area contributed by atoms with Crippen LogP contribution in [0.2, 0.25) is 5.02 Å². The van der Waals surface area contributed by atoms with Crippen LogP contribution in [0.1, 0.15) is 54.5 Å². The van der Waals surface area contributed by atoms with Crippen molar-refractivity contribution in [3.8, 4) is 11.1 Å². The van der Waals surface area contributed by atoms with Crippen LogP contribution in [0, 0.1) is 6.92 Å². The topological polar surface area (TPSA) is 192 Å². The summed E-state index contributed by atoms with van der Waals surface area (Å²) in [4.78, 5) is 71.9. The maximum atomic E-state index is 14.6. The molecule has 15 heteroatoms. The third kappa shape index (κ3) is 10.2. The predicted octanol–water partition coefficient (Wildman–Crippen LogP) is 5.12. The van der Waals surface area contributed by atoms with Gasteiger partial charge in [0.2, 0.25) is 23.6 Å². The van der Waals surface area contributed by atoms with Gasteiger partial charge >= 0.3 is 0 Å². The van der Waals surface area contributed by atoms with Crippen molar-refractivity contribution in [2.45, 2.75) is 86.6 Å². The Labute approximate surface area is 347 Å². The number of aromatic amines is 1. The van der Waals surface area contributed by atoms with Crippen LogP contribution in [0.15, 0.2) is 89.2 Å². The van der Waals surface area contributed by atoms with Crippen LogP contribution in [0.5, 0.6) is 0 Å². The van der Waals surface area contributed by atoms with Crippen molar-refractivity contribution in [3.63, 3.8) is 0 Å². The number of rotatable bonds is 10. The molecule has 304 valence electrons. The molecule has 1 aliphatic rings. The van der Waals surface area contributed by atoms with Crippen LogP contribution < -0.4 is 22.1 Å². The molecule has 5 aromatic rings. The van der Waals surface area contributed by atoms with E-state index < -0.39 is 35.8 Å². The van der Waals surface area contributed by atoms with Crippen LogP contribution in [0.4, 0.5) is 0 Å². The summed E-state index contributed by atoms with van der Waals surface area (Å²) >= 11 is 8.51. The maximum absolute atomic E-state index is 14.6. The Kier molecular flexibility index (Phi) is 14.2. The Balaban J connectivity index is 1.47. The molecule has 0 aliphatic carbocycles. The minimum absolute atomic E-state index is 0.0437. The van der Waals surface area contributed by atoms with Gasteiger partial charge in [-0.3, -0.25) is 29.1 Å². The highest BCUT2D eigenvalue weighted by atomic mass is 35.5. The van der Waals surface area contributed by atoms with E-state index in [2.05, 4.69) is 20.6 Å². The van der Waals surface area contributed by atoms with E-state index >= 15 is 0 Å². The van der Waals surface area contributed by atoms with E-state index in [-0.39, 0.29) is 38.3 Å². The average molecular weight is 824 g/mol. The van der Waals surface area contributed by atoms with Crippen molar-refractivity contribution < 1.29 is 19.2 Å². The first-order chi connectivity index (χ1) is 27.9. The molecule has 2 aromatic carbocycles. The number of H-pyrrole nitrogens is 1. The number of para-hydroxylation sites is 1. The van der Waals surface area contributed by atoms with Crippen molar-refractivity contribution in [1.29, 1.82) is 0 Å². The van der Waals surface area contributed by atoms with E-state index in [4.69, 9.17) is 28.1 Å². The van der Waals surface area contributed by atoms with E-state index in [1.165, 1.54) is 16.7 Å². The molecular weight excluding hydrogens is 774 g/mol. The molecule has 7 N–H and O–H groups in total. The summed E-state index contributed by atoms with van der Waals surface area (Å²) in [6.45, 7) is 2.71. The third-order valence-electron chi connectivity index (χ3n) is 10.5. The second kappa shape index (κ2) is 19.4. The predicted molar refractivity (Wildman–Crippen MR) is 227 cm³/mol. The number of nitrogens with one attached hydrogen (secondary N) is 3. The number of aromatic nitrogens is 3. The van der Waals surface area contributed by atoms with Gasteiger partial charge < -0.3 is 32.0 Å². The summed E-state index contributed by atoms with van der Waals surface area (Å²) in [6.07, 6.45) is 7.07. The van der Waals surface area contributed by atoms with Gasteiger partial charge in [-0.05, 0) is 110 Å². The normalized spacial score (nSPS) is 18.6. The molecule has 1 aliphatic heterocycles. The van der Waals surface area contributed by atoms with Crippen molar-refractivity contribution in [1.82, 2.24) is 35.4 Å². The van der Waals surface area contributed by atoms with E-state index in [0.717, 1.165) is 44.4 Å². The van der Waals surface area contributed by atoms with Gasteiger partial charge in [-0.2, -0.15) is 0 Å². The van der Waals surface area contributed by atoms with Crippen molar-refractivity contribution in [3.05, 3.63) is 107 Å². The zero-order valence-corrected chi connectivity index (χ0v) is 34.5.